The second-order valence-corrected chi connectivity index (χ2v) is 8.07. The Kier molecular flexibility index (Phi) is 4.22. The van der Waals surface area contributed by atoms with Crippen molar-refractivity contribution >= 4 is 13.8 Å². The van der Waals surface area contributed by atoms with Gasteiger partial charge in [0, 0.05) is 12.1 Å². The van der Waals surface area contributed by atoms with Crippen molar-refractivity contribution in [1.82, 2.24) is 0 Å². The summed E-state index contributed by atoms with van der Waals surface area (Å²) in [5.41, 5.74) is 3.85. The SMILES string of the molecule is C=C[Si](C)(C=C)COc1ccc([N+](=O)[O-])cc1. The van der Waals surface area contributed by atoms with Crippen LogP contribution in [0.3, 0.4) is 0 Å². The van der Waals surface area contributed by atoms with Crippen LogP contribution in [-0.4, -0.2) is 19.2 Å². The molecule has 1 rings (SSSR count). The van der Waals surface area contributed by atoms with Crippen LogP contribution in [0.4, 0.5) is 5.69 Å². The van der Waals surface area contributed by atoms with Gasteiger partial charge in [-0.05, 0) is 12.1 Å². The fraction of sp³-hybridized carbons (Fsp3) is 0.167. The van der Waals surface area contributed by atoms with Crippen LogP contribution in [0.2, 0.25) is 6.55 Å². The summed E-state index contributed by atoms with van der Waals surface area (Å²) >= 11 is 0. The molecule has 1 aromatic rings. The molecular weight excluding hydrogens is 234 g/mol. The van der Waals surface area contributed by atoms with E-state index in [1.807, 2.05) is 11.4 Å². The van der Waals surface area contributed by atoms with E-state index in [1.54, 1.807) is 12.1 Å². The third-order valence-corrected chi connectivity index (χ3v) is 5.16. The summed E-state index contributed by atoms with van der Waals surface area (Å²) in [7, 11) is -1.74. The van der Waals surface area contributed by atoms with Gasteiger partial charge in [-0.3, -0.25) is 10.1 Å². The van der Waals surface area contributed by atoms with Crippen LogP contribution in [0.5, 0.6) is 5.75 Å². The second kappa shape index (κ2) is 5.45. The fourth-order valence-electron chi connectivity index (χ4n) is 1.10. The largest absolute Gasteiger partial charge is 0.496 e. The lowest BCUT2D eigenvalue weighted by molar-refractivity contribution is -0.384. The van der Waals surface area contributed by atoms with Crippen molar-refractivity contribution in [2.24, 2.45) is 0 Å². The Morgan fingerprint density at radius 3 is 2.29 bits per heavy atom. The normalized spacial score (nSPS) is 10.6. The van der Waals surface area contributed by atoms with E-state index >= 15 is 0 Å². The first-order valence-electron chi connectivity index (χ1n) is 5.15. The molecule has 5 heteroatoms. The molecule has 0 aliphatic rings. The Hall–Kier alpha value is -1.88. The molecule has 17 heavy (non-hydrogen) atoms. The van der Waals surface area contributed by atoms with Gasteiger partial charge in [0.15, 0.2) is 0 Å². The smallest absolute Gasteiger partial charge is 0.269 e. The predicted molar refractivity (Wildman–Crippen MR) is 70.6 cm³/mol. The van der Waals surface area contributed by atoms with Gasteiger partial charge in [0.25, 0.3) is 5.69 Å². The molecule has 0 saturated heterocycles. The van der Waals surface area contributed by atoms with Gasteiger partial charge in [-0.25, -0.2) is 0 Å². The highest BCUT2D eigenvalue weighted by Gasteiger charge is 2.20. The molecular formula is C12H15NO3Si. The maximum absolute atomic E-state index is 10.5. The predicted octanol–water partition coefficient (Wildman–Crippen LogP) is 3.04. The summed E-state index contributed by atoms with van der Waals surface area (Å²) in [6.45, 7) is 9.63. The molecule has 0 aliphatic heterocycles. The molecule has 0 heterocycles. The third-order valence-electron chi connectivity index (χ3n) is 2.53. The molecule has 0 atom stereocenters. The Morgan fingerprint density at radius 1 is 1.35 bits per heavy atom. The van der Waals surface area contributed by atoms with Crippen molar-refractivity contribution in [3.8, 4) is 5.75 Å². The molecule has 1 aromatic carbocycles. The topological polar surface area (TPSA) is 52.4 Å². The first-order chi connectivity index (χ1) is 8.00. The summed E-state index contributed by atoms with van der Waals surface area (Å²) < 4.78 is 5.58. The maximum atomic E-state index is 10.5. The van der Waals surface area contributed by atoms with Crippen molar-refractivity contribution in [2.75, 3.05) is 6.23 Å². The molecule has 0 fully saturated rings. The van der Waals surface area contributed by atoms with Gasteiger partial charge >= 0.3 is 0 Å². The van der Waals surface area contributed by atoms with Gasteiger partial charge in [0.05, 0.1) is 11.2 Å². The number of hydrogen-bond donors (Lipinski definition) is 0. The van der Waals surface area contributed by atoms with Gasteiger partial charge in [0.1, 0.15) is 13.8 Å². The van der Waals surface area contributed by atoms with Gasteiger partial charge < -0.3 is 4.74 Å². The van der Waals surface area contributed by atoms with Crippen LogP contribution in [-0.2, 0) is 0 Å². The monoisotopic (exact) mass is 249 g/mol. The lowest BCUT2D eigenvalue weighted by Crippen LogP contribution is -2.33. The average Bonchev–Trinajstić information content (AvgIpc) is 2.36. The molecule has 0 N–H and O–H groups in total. The molecule has 0 spiro atoms. The summed E-state index contributed by atoms with van der Waals surface area (Å²) in [6, 6.07) is 6.05. The Morgan fingerprint density at radius 2 is 1.88 bits per heavy atom. The first-order valence-corrected chi connectivity index (χ1v) is 8.01. The van der Waals surface area contributed by atoms with E-state index in [4.69, 9.17) is 4.74 Å². The highest BCUT2D eigenvalue weighted by Crippen LogP contribution is 2.18. The highest BCUT2D eigenvalue weighted by molar-refractivity contribution is 6.87. The number of rotatable bonds is 6. The molecule has 0 unspecified atom stereocenters. The zero-order valence-electron chi connectivity index (χ0n) is 9.76. The highest BCUT2D eigenvalue weighted by atomic mass is 28.3. The van der Waals surface area contributed by atoms with Crippen molar-refractivity contribution < 1.29 is 9.66 Å². The minimum absolute atomic E-state index is 0.0600. The zero-order chi connectivity index (χ0) is 12.9. The van der Waals surface area contributed by atoms with Crippen LogP contribution in [0.15, 0.2) is 48.8 Å². The number of hydrogen-bond acceptors (Lipinski definition) is 3. The minimum atomic E-state index is -1.74. The molecule has 0 aliphatic carbocycles. The van der Waals surface area contributed by atoms with Gasteiger partial charge in [0.2, 0.25) is 0 Å². The van der Waals surface area contributed by atoms with Crippen molar-refractivity contribution in [3.05, 3.63) is 58.9 Å². The van der Waals surface area contributed by atoms with E-state index < -0.39 is 13.0 Å². The van der Waals surface area contributed by atoms with E-state index in [9.17, 15) is 10.1 Å². The number of nitro benzene ring substituents is 1. The van der Waals surface area contributed by atoms with Crippen molar-refractivity contribution in [3.63, 3.8) is 0 Å². The molecule has 0 amide bonds. The lowest BCUT2D eigenvalue weighted by atomic mass is 10.3. The molecule has 0 saturated carbocycles. The van der Waals surface area contributed by atoms with Gasteiger partial charge in [-0.1, -0.05) is 17.9 Å². The molecule has 0 radical (unpaired) electrons. The van der Waals surface area contributed by atoms with Gasteiger partial charge in [-0.2, -0.15) is 0 Å². The lowest BCUT2D eigenvalue weighted by Gasteiger charge is -2.18. The van der Waals surface area contributed by atoms with Crippen LogP contribution in [0.25, 0.3) is 0 Å². The van der Waals surface area contributed by atoms with Crippen LogP contribution in [0.1, 0.15) is 0 Å². The van der Waals surface area contributed by atoms with E-state index in [2.05, 4.69) is 19.7 Å². The fourth-order valence-corrected chi connectivity index (χ4v) is 1.98. The number of benzene rings is 1. The number of non-ortho nitro benzene ring substituents is 1. The summed E-state index contributed by atoms with van der Waals surface area (Å²) in [5, 5.41) is 10.5. The molecule has 0 aromatic heterocycles. The summed E-state index contributed by atoms with van der Waals surface area (Å²) in [6.07, 6.45) is 0.539. The Labute approximate surface area is 101 Å². The van der Waals surface area contributed by atoms with E-state index in [-0.39, 0.29) is 5.69 Å². The summed E-state index contributed by atoms with van der Waals surface area (Å²) in [5.74, 6) is 0.623. The Bertz CT molecular complexity index is 420. The molecule has 4 nitrogen and oxygen atoms in total. The van der Waals surface area contributed by atoms with E-state index in [0.29, 0.717) is 12.0 Å². The van der Waals surface area contributed by atoms with E-state index in [1.165, 1.54) is 12.1 Å². The van der Waals surface area contributed by atoms with Crippen molar-refractivity contribution in [2.45, 2.75) is 6.55 Å². The van der Waals surface area contributed by atoms with Crippen molar-refractivity contribution in [1.29, 1.82) is 0 Å². The molecule has 0 bridgehead atoms. The van der Waals surface area contributed by atoms with Crippen LogP contribution in [0, 0.1) is 10.1 Å². The minimum Gasteiger partial charge on any atom is -0.496 e. The molecule has 90 valence electrons. The maximum Gasteiger partial charge on any atom is 0.269 e. The average molecular weight is 249 g/mol. The van der Waals surface area contributed by atoms with Crippen LogP contribution < -0.4 is 4.74 Å². The van der Waals surface area contributed by atoms with Gasteiger partial charge in [-0.15, -0.1) is 13.2 Å². The van der Waals surface area contributed by atoms with Crippen LogP contribution >= 0.6 is 0 Å². The quantitative estimate of drug-likeness (QED) is 0.442. The first kappa shape index (κ1) is 13.2. The number of nitro groups is 1. The standard InChI is InChI=1S/C12H15NO3Si/c1-4-17(3,5-2)10-16-12-8-6-11(7-9-12)13(14)15/h4-9H,1-2,10H2,3H3. The van der Waals surface area contributed by atoms with E-state index in [0.717, 1.165) is 0 Å². The summed E-state index contributed by atoms with van der Waals surface area (Å²) in [4.78, 5) is 10.0. The second-order valence-electron chi connectivity index (χ2n) is 3.95. The number of nitrogens with zero attached hydrogens (tertiary/aromatic N) is 1. The third kappa shape index (κ3) is 3.56. The Balaban J connectivity index is 2.67. The zero-order valence-corrected chi connectivity index (χ0v) is 10.8. The number of ether oxygens (including phenoxy) is 1.